The molecular weight excluding hydrogens is 152 g/mol. The molecule has 0 aromatic heterocycles. The Hall–Kier alpha value is -0.570. The molecule has 0 aliphatic carbocycles. The zero-order valence-corrected chi connectivity index (χ0v) is 8.13. The Bertz CT molecular complexity index is 168. The molecule has 12 heavy (non-hydrogen) atoms. The third-order valence-corrected chi connectivity index (χ3v) is 2.17. The number of rotatable bonds is 3. The molecule has 1 saturated heterocycles. The van der Waals surface area contributed by atoms with Crippen molar-refractivity contribution in [2.45, 2.75) is 39.3 Å². The van der Waals surface area contributed by atoms with Crippen molar-refractivity contribution in [1.82, 2.24) is 10.2 Å². The molecule has 1 aliphatic rings. The molecule has 3 nitrogen and oxygen atoms in total. The zero-order valence-electron chi connectivity index (χ0n) is 8.13. The van der Waals surface area contributed by atoms with Crippen molar-refractivity contribution in [3.05, 3.63) is 0 Å². The fraction of sp³-hybridized carbons (Fsp3) is 0.889. The van der Waals surface area contributed by atoms with Gasteiger partial charge in [-0.05, 0) is 6.92 Å². The van der Waals surface area contributed by atoms with E-state index < -0.39 is 0 Å². The molecule has 1 atom stereocenters. The van der Waals surface area contributed by atoms with Gasteiger partial charge in [0.25, 0.3) is 0 Å². The van der Waals surface area contributed by atoms with Gasteiger partial charge in [0.05, 0.1) is 0 Å². The lowest BCUT2D eigenvalue weighted by atomic mass is 10.2. The number of amides is 1. The first-order valence-corrected chi connectivity index (χ1v) is 4.67. The summed E-state index contributed by atoms with van der Waals surface area (Å²) in [5.41, 5.74) is 0. The molecule has 0 radical (unpaired) electrons. The number of hydrogen-bond acceptors (Lipinski definition) is 2. The lowest BCUT2D eigenvalue weighted by molar-refractivity contribution is -0.127. The largest absolute Gasteiger partial charge is 0.341 e. The molecule has 0 aromatic rings. The SMILES string of the molecule is CCN1CC(NC(C)C)CC1=O. The highest BCUT2D eigenvalue weighted by molar-refractivity contribution is 5.79. The molecule has 0 bridgehead atoms. The van der Waals surface area contributed by atoms with Crippen LogP contribution in [0.25, 0.3) is 0 Å². The molecule has 1 fully saturated rings. The predicted molar refractivity (Wildman–Crippen MR) is 48.9 cm³/mol. The molecule has 0 spiro atoms. The van der Waals surface area contributed by atoms with Gasteiger partial charge in [0, 0.05) is 31.6 Å². The standard InChI is InChI=1S/C9H18N2O/c1-4-11-6-8(5-9(11)12)10-7(2)3/h7-8,10H,4-6H2,1-3H3. The Balaban J connectivity index is 2.38. The summed E-state index contributed by atoms with van der Waals surface area (Å²) in [5.74, 6) is 0.288. The number of carbonyl (C=O) groups is 1. The van der Waals surface area contributed by atoms with E-state index in [-0.39, 0.29) is 5.91 Å². The molecule has 3 heteroatoms. The van der Waals surface area contributed by atoms with Crippen LogP contribution in [-0.4, -0.2) is 36.0 Å². The molecule has 1 unspecified atom stereocenters. The predicted octanol–water partition coefficient (Wildman–Crippen LogP) is 0.605. The minimum atomic E-state index is 0.288. The smallest absolute Gasteiger partial charge is 0.224 e. The maximum atomic E-state index is 11.3. The van der Waals surface area contributed by atoms with Crippen LogP contribution in [0.4, 0.5) is 0 Å². The summed E-state index contributed by atoms with van der Waals surface area (Å²) in [5, 5.41) is 3.37. The van der Waals surface area contributed by atoms with Gasteiger partial charge >= 0.3 is 0 Å². The van der Waals surface area contributed by atoms with E-state index in [1.165, 1.54) is 0 Å². The highest BCUT2D eigenvalue weighted by Crippen LogP contribution is 2.10. The van der Waals surface area contributed by atoms with Crippen LogP contribution < -0.4 is 5.32 Å². The Morgan fingerprint density at radius 3 is 2.75 bits per heavy atom. The summed E-state index contributed by atoms with van der Waals surface area (Å²) >= 11 is 0. The van der Waals surface area contributed by atoms with Crippen molar-refractivity contribution in [3.8, 4) is 0 Å². The van der Waals surface area contributed by atoms with Crippen LogP contribution in [0.3, 0.4) is 0 Å². The normalized spacial score (nSPS) is 24.2. The lowest BCUT2D eigenvalue weighted by Crippen LogP contribution is -2.36. The highest BCUT2D eigenvalue weighted by Gasteiger charge is 2.27. The monoisotopic (exact) mass is 170 g/mol. The summed E-state index contributed by atoms with van der Waals surface area (Å²) in [4.78, 5) is 13.2. The molecule has 1 rings (SSSR count). The van der Waals surface area contributed by atoms with E-state index in [0.29, 0.717) is 18.5 Å². The van der Waals surface area contributed by atoms with Crippen LogP contribution in [0.15, 0.2) is 0 Å². The van der Waals surface area contributed by atoms with E-state index in [2.05, 4.69) is 19.2 Å². The second-order valence-electron chi connectivity index (χ2n) is 3.65. The summed E-state index contributed by atoms with van der Waals surface area (Å²) in [6.07, 6.45) is 0.673. The van der Waals surface area contributed by atoms with Gasteiger partial charge in [-0.2, -0.15) is 0 Å². The molecule has 0 aromatic carbocycles. The molecule has 70 valence electrons. The molecule has 1 aliphatic heterocycles. The molecule has 0 saturated carbocycles. The number of carbonyl (C=O) groups excluding carboxylic acids is 1. The van der Waals surface area contributed by atoms with Crippen LogP contribution in [-0.2, 0) is 4.79 Å². The number of hydrogen-bond donors (Lipinski definition) is 1. The second kappa shape index (κ2) is 3.90. The third-order valence-electron chi connectivity index (χ3n) is 2.17. The van der Waals surface area contributed by atoms with Crippen molar-refractivity contribution in [2.24, 2.45) is 0 Å². The van der Waals surface area contributed by atoms with E-state index in [1.54, 1.807) is 0 Å². The van der Waals surface area contributed by atoms with Crippen molar-refractivity contribution in [3.63, 3.8) is 0 Å². The first-order chi connectivity index (χ1) is 5.63. The zero-order chi connectivity index (χ0) is 9.14. The van der Waals surface area contributed by atoms with Crippen LogP contribution in [0, 0.1) is 0 Å². The van der Waals surface area contributed by atoms with Gasteiger partial charge < -0.3 is 10.2 Å². The summed E-state index contributed by atoms with van der Waals surface area (Å²) in [6.45, 7) is 7.97. The van der Waals surface area contributed by atoms with Gasteiger partial charge in [0.1, 0.15) is 0 Å². The van der Waals surface area contributed by atoms with E-state index in [9.17, 15) is 4.79 Å². The molecule has 1 amide bonds. The minimum absolute atomic E-state index is 0.288. The van der Waals surface area contributed by atoms with Gasteiger partial charge in [0.15, 0.2) is 0 Å². The van der Waals surface area contributed by atoms with Crippen molar-refractivity contribution in [1.29, 1.82) is 0 Å². The highest BCUT2D eigenvalue weighted by atomic mass is 16.2. The topological polar surface area (TPSA) is 32.3 Å². The Labute approximate surface area is 74.1 Å². The van der Waals surface area contributed by atoms with E-state index in [4.69, 9.17) is 0 Å². The van der Waals surface area contributed by atoms with Gasteiger partial charge in [-0.1, -0.05) is 13.8 Å². The number of likely N-dealkylation sites (N-methyl/N-ethyl adjacent to an activating group) is 1. The maximum absolute atomic E-state index is 11.3. The number of nitrogens with one attached hydrogen (secondary N) is 1. The Morgan fingerprint density at radius 1 is 1.67 bits per heavy atom. The number of nitrogens with zero attached hydrogens (tertiary/aromatic N) is 1. The van der Waals surface area contributed by atoms with E-state index in [0.717, 1.165) is 13.1 Å². The quantitative estimate of drug-likeness (QED) is 0.673. The van der Waals surface area contributed by atoms with Gasteiger partial charge in [-0.25, -0.2) is 0 Å². The van der Waals surface area contributed by atoms with Gasteiger partial charge in [-0.3, -0.25) is 4.79 Å². The minimum Gasteiger partial charge on any atom is -0.341 e. The van der Waals surface area contributed by atoms with Gasteiger partial charge in [0.2, 0.25) is 5.91 Å². The van der Waals surface area contributed by atoms with Crippen LogP contribution in [0.5, 0.6) is 0 Å². The van der Waals surface area contributed by atoms with Crippen molar-refractivity contribution >= 4 is 5.91 Å². The van der Waals surface area contributed by atoms with Crippen LogP contribution in [0.2, 0.25) is 0 Å². The first-order valence-electron chi connectivity index (χ1n) is 4.67. The van der Waals surface area contributed by atoms with Crippen molar-refractivity contribution < 1.29 is 4.79 Å². The summed E-state index contributed by atoms with van der Waals surface area (Å²) in [6, 6.07) is 0.844. The van der Waals surface area contributed by atoms with E-state index >= 15 is 0 Å². The fourth-order valence-electron chi connectivity index (χ4n) is 1.66. The third kappa shape index (κ3) is 2.21. The Kier molecular flexibility index (Phi) is 3.09. The van der Waals surface area contributed by atoms with Crippen LogP contribution in [0.1, 0.15) is 27.2 Å². The fourth-order valence-corrected chi connectivity index (χ4v) is 1.66. The average molecular weight is 170 g/mol. The Morgan fingerprint density at radius 2 is 2.33 bits per heavy atom. The molecular formula is C9H18N2O. The number of likely N-dealkylation sites (tertiary alicyclic amines) is 1. The van der Waals surface area contributed by atoms with Crippen LogP contribution >= 0.6 is 0 Å². The summed E-state index contributed by atoms with van der Waals surface area (Å²) < 4.78 is 0. The van der Waals surface area contributed by atoms with Gasteiger partial charge in [-0.15, -0.1) is 0 Å². The molecule has 1 N–H and O–H groups in total. The average Bonchev–Trinajstić information content (AvgIpc) is 2.29. The maximum Gasteiger partial charge on any atom is 0.224 e. The second-order valence-corrected chi connectivity index (χ2v) is 3.65. The lowest BCUT2D eigenvalue weighted by Gasteiger charge is -2.16. The van der Waals surface area contributed by atoms with E-state index in [1.807, 2.05) is 11.8 Å². The molecule has 1 heterocycles. The van der Waals surface area contributed by atoms with Crippen molar-refractivity contribution in [2.75, 3.05) is 13.1 Å². The summed E-state index contributed by atoms with van der Waals surface area (Å²) in [7, 11) is 0. The first kappa shape index (κ1) is 9.52.